The molecule has 0 radical (unpaired) electrons. The van der Waals surface area contributed by atoms with Crippen LogP contribution in [-0.4, -0.2) is 76.1 Å². The molecule has 3 aromatic rings. The molecule has 0 atom stereocenters. The zero-order chi connectivity index (χ0) is 22.8. The highest BCUT2D eigenvalue weighted by atomic mass is 35.5. The number of halogens is 1. The summed E-state index contributed by atoms with van der Waals surface area (Å²) in [5, 5.41) is 0.630. The Morgan fingerprint density at radius 2 is 1.69 bits per heavy atom. The van der Waals surface area contributed by atoms with E-state index in [-0.39, 0.29) is 23.2 Å². The summed E-state index contributed by atoms with van der Waals surface area (Å²) in [5.74, 6) is -0.209. The fraction of sp³-hybridized carbons (Fsp3) is 0.333. The maximum atomic E-state index is 13.4. The molecule has 7 nitrogen and oxygen atoms in total. The molecule has 1 heterocycles. The van der Waals surface area contributed by atoms with E-state index in [9.17, 15) is 13.2 Å². The number of thioether (sulfide) groups is 1. The minimum atomic E-state index is -3.55. The van der Waals surface area contributed by atoms with Crippen LogP contribution < -0.4 is 4.90 Å². The van der Waals surface area contributed by atoms with Crippen LogP contribution in [0.3, 0.4) is 0 Å². The van der Waals surface area contributed by atoms with Gasteiger partial charge in [-0.25, -0.2) is 17.7 Å². The zero-order valence-corrected chi connectivity index (χ0v) is 21.9. The highest BCUT2D eigenvalue weighted by Gasteiger charge is 2.23. The Balaban J connectivity index is 0.00000363. The molecule has 3 rings (SSSR count). The minimum Gasteiger partial charge on any atom is -0.308 e. The van der Waals surface area contributed by atoms with Gasteiger partial charge in [-0.2, -0.15) is 0 Å². The third kappa shape index (κ3) is 5.81. The summed E-state index contributed by atoms with van der Waals surface area (Å²) in [5.41, 5.74) is 1.27. The fourth-order valence-electron chi connectivity index (χ4n) is 2.86. The Morgan fingerprint density at radius 1 is 1.03 bits per heavy atom. The number of fused-ring (bicyclic) bond motifs is 1. The summed E-state index contributed by atoms with van der Waals surface area (Å²) in [4.78, 5) is 23.0. The third-order valence-electron chi connectivity index (χ3n) is 4.71. The van der Waals surface area contributed by atoms with Gasteiger partial charge < -0.3 is 4.90 Å². The topological polar surface area (TPSA) is 73.8 Å². The van der Waals surface area contributed by atoms with Gasteiger partial charge in [0.15, 0.2) is 5.13 Å². The van der Waals surface area contributed by atoms with E-state index < -0.39 is 10.0 Å². The van der Waals surface area contributed by atoms with Gasteiger partial charge in [0.2, 0.25) is 10.0 Å². The van der Waals surface area contributed by atoms with Crippen molar-refractivity contribution in [1.82, 2.24) is 14.2 Å². The molecular weight excluding hydrogens is 488 g/mol. The smallest absolute Gasteiger partial charge is 0.260 e. The summed E-state index contributed by atoms with van der Waals surface area (Å²) in [6.45, 7) is 1.14. The molecule has 174 valence electrons. The predicted molar refractivity (Wildman–Crippen MR) is 136 cm³/mol. The first-order chi connectivity index (χ1) is 14.6. The van der Waals surface area contributed by atoms with E-state index in [1.807, 2.05) is 37.4 Å². The predicted octanol–water partition coefficient (Wildman–Crippen LogP) is 3.90. The third-order valence-corrected chi connectivity index (χ3v) is 8.31. The Kier molecular flexibility index (Phi) is 9.09. The molecule has 0 saturated heterocycles. The highest BCUT2D eigenvalue weighted by Crippen LogP contribution is 2.32. The van der Waals surface area contributed by atoms with Gasteiger partial charge in [0.1, 0.15) is 0 Å². The number of anilines is 1. The van der Waals surface area contributed by atoms with Crippen molar-refractivity contribution in [2.45, 2.75) is 9.79 Å². The normalized spacial score (nSPS) is 11.7. The van der Waals surface area contributed by atoms with Crippen molar-refractivity contribution in [2.24, 2.45) is 0 Å². The quantitative estimate of drug-likeness (QED) is 0.424. The van der Waals surface area contributed by atoms with Crippen molar-refractivity contribution in [3.05, 3.63) is 48.0 Å². The Hall–Kier alpha value is -1.69. The second kappa shape index (κ2) is 11.0. The number of thiazole rings is 1. The maximum Gasteiger partial charge on any atom is 0.260 e. The number of likely N-dealkylation sites (N-methyl/N-ethyl adjacent to an activating group) is 1. The number of rotatable bonds is 8. The Labute approximate surface area is 203 Å². The van der Waals surface area contributed by atoms with Crippen molar-refractivity contribution >= 4 is 66.8 Å². The summed E-state index contributed by atoms with van der Waals surface area (Å²) in [6, 6.07) is 12.1. The van der Waals surface area contributed by atoms with Crippen LogP contribution in [0.5, 0.6) is 0 Å². The summed E-state index contributed by atoms with van der Waals surface area (Å²) in [7, 11) is 3.31. The molecular formula is C21H27ClN4O3S3. The number of aromatic nitrogens is 1. The van der Waals surface area contributed by atoms with E-state index in [1.165, 1.54) is 37.6 Å². The van der Waals surface area contributed by atoms with Gasteiger partial charge in [-0.05, 0) is 62.8 Å². The number of amides is 1. The number of carbonyl (C=O) groups is 1. The first kappa shape index (κ1) is 26.6. The second-order valence-corrected chi connectivity index (χ2v) is 11.4. The lowest BCUT2D eigenvalue weighted by Gasteiger charge is -2.22. The monoisotopic (exact) mass is 514 g/mol. The molecule has 11 heteroatoms. The molecule has 0 bridgehead atoms. The van der Waals surface area contributed by atoms with E-state index in [0.717, 1.165) is 19.4 Å². The van der Waals surface area contributed by atoms with Crippen LogP contribution in [-0.2, 0) is 10.0 Å². The molecule has 0 N–H and O–H groups in total. The van der Waals surface area contributed by atoms with Gasteiger partial charge in [0.05, 0.1) is 15.1 Å². The average molecular weight is 515 g/mol. The van der Waals surface area contributed by atoms with E-state index in [1.54, 1.807) is 28.8 Å². The van der Waals surface area contributed by atoms with Gasteiger partial charge in [-0.1, -0.05) is 11.3 Å². The number of sulfonamides is 1. The van der Waals surface area contributed by atoms with Crippen LogP contribution >= 0.6 is 35.5 Å². The molecule has 0 fully saturated rings. The van der Waals surface area contributed by atoms with Gasteiger partial charge in [-0.15, -0.1) is 24.2 Å². The van der Waals surface area contributed by atoms with Crippen LogP contribution in [0.1, 0.15) is 10.4 Å². The molecule has 0 saturated carbocycles. The molecule has 32 heavy (non-hydrogen) atoms. The molecule has 0 aliphatic heterocycles. The molecule has 1 amide bonds. The fourth-order valence-corrected chi connectivity index (χ4v) is 5.30. The van der Waals surface area contributed by atoms with Crippen molar-refractivity contribution in [1.29, 1.82) is 0 Å². The number of benzene rings is 2. The minimum absolute atomic E-state index is 0. The molecule has 0 aliphatic carbocycles. The van der Waals surface area contributed by atoms with Crippen LogP contribution in [0.25, 0.3) is 10.2 Å². The molecule has 0 unspecified atom stereocenters. The molecule has 0 aliphatic rings. The molecule has 2 aromatic carbocycles. The highest BCUT2D eigenvalue weighted by molar-refractivity contribution is 7.98. The first-order valence-electron chi connectivity index (χ1n) is 9.57. The Bertz CT molecular complexity index is 1180. The average Bonchev–Trinajstić information content (AvgIpc) is 3.16. The van der Waals surface area contributed by atoms with Gasteiger partial charge in [0.25, 0.3) is 5.91 Å². The van der Waals surface area contributed by atoms with Crippen LogP contribution in [0, 0.1) is 0 Å². The first-order valence-corrected chi connectivity index (χ1v) is 13.1. The van der Waals surface area contributed by atoms with Gasteiger partial charge in [-0.3, -0.25) is 9.69 Å². The second-order valence-electron chi connectivity index (χ2n) is 7.40. The maximum absolute atomic E-state index is 13.4. The SMILES string of the molecule is CSc1ccc2nc(N(CCN(C)C)C(=O)c3ccc(S(=O)(=O)N(C)C)cc3)sc2c1.Cl. The van der Waals surface area contributed by atoms with Crippen molar-refractivity contribution in [3.63, 3.8) is 0 Å². The van der Waals surface area contributed by atoms with Crippen molar-refractivity contribution in [3.8, 4) is 0 Å². The van der Waals surface area contributed by atoms with E-state index in [2.05, 4.69) is 11.1 Å². The van der Waals surface area contributed by atoms with Crippen LogP contribution in [0.15, 0.2) is 52.3 Å². The lowest BCUT2D eigenvalue weighted by Crippen LogP contribution is -2.36. The zero-order valence-electron chi connectivity index (χ0n) is 18.6. The van der Waals surface area contributed by atoms with Crippen molar-refractivity contribution in [2.75, 3.05) is 52.4 Å². The summed E-state index contributed by atoms with van der Waals surface area (Å²) < 4.78 is 26.8. The number of hydrogen-bond donors (Lipinski definition) is 0. The Morgan fingerprint density at radius 3 is 2.25 bits per heavy atom. The summed E-state index contributed by atoms with van der Waals surface area (Å²) >= 11 is 3.14. The number of hydrogen-bond acceptors (Lipinski definition) is 7. The lowest BCUT2D eigenvalue weighted by molar-refractivity contribution is 0.0985. The lowest BCUT2D eigenvalue weighted by atomic mass is 10.2. The number of nitrogens with zero attached hydrogens (tertiary/aromatic N) is 4. The van der Waals surface area contributed by atoms with E-state index >= 15 is 0 Å². The summed E-state index contributed by atoms with van der Waals surface area (Å²) in [6.07, 6.45) is 2.02. The molecule has 1 aromatic heterocycles. The number of carbonyl (C=O) groups excluding carboxylic acids is 1. The van der Waals surface area contributed by atoms with E-state index in [0.29, 0.717) is 23.8 Å². The van der Waals surface area contributed by atoms with Crippen LogP contribution in [0.4, 0.5) is 5.13 Å². The van der Waals surface area contributed by atoms with Gasteiger partial charge in [0, 0.05) is 37.6 Å². The molecule has 0 spiro atoms. The van der Waals surface area contributed by atoms with Crippen molar-refractivity contribution < 1.29 is 13.2 Å². The largest absolute Gasteiger partial charge is 0.308 e. The van der Waals surface area contributed by atoms with Crippen LogP contribution in [0.2, 0.25) is 0 Å². The standard InChI is InChI=1S/C21H26N4O3S3.ClH/c1-23(2)12-13-25(21-22-18-11-8-16(29-5)14-19(18)30-21)20(26)15-6-9-17(10-7-15)31(27,28)24(3)4;/h6-11,14H,12-13H2,1-5H3;1H. The van der Waals surface area contributed by atoms with E-state index in [4.69, 9.17) is 0 Å². The van der Waals surface area contributed by atoms with Gasteiger partial charge >= 0.3 is 0 Å².